The zero-order valence-electron chi connectivity index (χ0n) is 18.9. The lowest BCUT2D eigenvalue weighted by Gasteiger charge is -2.31. The Hall–Kier alpha value is -2.54. The number of amidine groups is 1. The molecule has 180 valence electrons. The van der Waals surface area contributed by atoms with Crippen molar-refractivity contribution < 1.29 is 12.8 Å². The van der Waals surface area contributed by atoms with Crippen molar-refractivity contribution in [2.45, 2.75) is 49.4 Å². The summed E-state index contributed by atoms with van der Waals surface area (Å²) in [6, 6.07) is 9.53. The van der Waals surface area contributed by atoms with Crippen LogP contribution in [0.5, 0.6) is 0 Å². The molecule has 1 unspecified atom stereocenters. The van der Waals surface area contributed by atoms with Gasteiger partial charge >= 0.3 is 0 Å². The summed E-state index contributed by atoms with van der Waals surface area (Å²) in [4.78, 5) is 11.7. The van der Waals surface area contributed by atoms with Gasteiger partial charge in [0.1, 0.15) is 17.6 Å². The Morgan fingerprint density at radius 2 is 1.97 bits per heavy atom. The summed E-state index contributed by atoms with van der Waals surface area (Å²) in [5.74, 6) is 7.50. The van der Waals surface area contributed by atoms with Crippen LogP contribution in [-0.2, 0) is 10.0 Å². The topological polar surface area (TPSA) is 74.7 Å². The van der Waals surface area contributed by atoms with Crippen molar-refractivity contribution in [1.29, 1.82) is 0 Å². The highest BCUT2D eigenvalue weighted by atomic mass is 79.9. The molecule has 0 bridgehead atoms. The number of halogens is 2. The van der Waals surface area contributed by atoms with Gasteiger partial charge in [0.2, 0.25) is 10.0 Å². The van der Waals surface area contributed by atoms with E-state index in [1.807, 2.05) is 18.2 Å². The third-order valence-electron chi connectivity index (χ3n) is 6.69. The first kappa shape index (κ1) is 22.9. The minimum Gasteiger partial charge on any atom is -0.326 e. The van der Waals surface area contributed by atoms with Crippen molar-refractivity contribution in [3.8, 4) is 11.8 Å². The van der Waals surface area contributed by atoms with Gasteiger partial charge in [-0.2, -0.15) is 0 Å². The number of sulfonamides is 1. The third kappa shape index (κ3) is 4.67. The molecule has 4 aliphatic rings. The molecule has 3 heterocycles. The molecule has 2 aliphatic heterocycles. The van der Waals surface area contributed by atoms with Crippen LogP contribution in [-0.4, -0.2) is 42.0 Å². The summed E-state index contributed by atoms with van der Waals surface area (Å²) in [5.41, 5.74) is 3.32. The lowest BCUT2D eigenvalue weighted by atomic mass is 9.94. The van der Waals surface area contributed by atoms with Gasteiger partial charge in [0.05, 0.1) is 10.8 Å². The monoisotopic (exact) mass is 554 g/mol. The molecular formula is C26H24BrFN4O2S. The molecule has 0 radical (unpaired) electrons. The van der Waals surface area contributed by atoms with E-state index in [4.69, 9.17) is 4.99 Å². The maximum absolute atomic E-state index is 13.9. The Kier molecular flexibility index (Phi) is 5.78. The average Bonchev–Trinajstić information content (AvgIpc) is 3.75. The number of hydrogen-bond acceptors (Lipinski definition) is 5. The number of fused-ring (bicyclic) bond motifs is 1. The van der Waals surface area contributed by atoms with E-state index in [-0.39, 0.29) is 17.1 Å². The Bertz CT molecular complexity index is 1410. The Labute approximate surface area is 212 Å². The second-order valence-corrected chi connectivity index (χ2v) is 12.4. The van der Waals surface area contributed by atoms with Crippen molar-refractivity contribution in [2.75, 3.05) is 6.54 Å². The normalized spacial score (nSPS) is 24.1. The van der Waals surface area contributed by atoms with Crippen molar-refractivity contribution in [2.24, 2.45) is 10.9 Å². The molecule has 0 amide bonds. The third-order valence-corrected chi connectivity index (χ3v) is 9.39. The second-order valence-electron chi connectivity index (χ2n) is 9.51. The largest absolute Gasteiger partial charge is 0.326 e. The summed E-state index contributed by atoms with van der Waals surface area (Å²) in [5, 5.41) is -0.282. The van der Waals surface area contributed by atoms with E-state index in [1.165, 1.54) is 12.1 Å². The van der Waals surface area contributed by atoms with Gasteiger partial charge in [0.15, 0.2) is 5.84 Å². The highest BCUT2D eigenvalue weighted by Gasteiger charge is 2.43. The van der Waals surface area contributed by atoms with Crippen molar-refractivity contribution >= 4 is 31.8 Å². The molecule has 1 aromatic heterocycles. The van der Waals surface area contributed by atoms with Gasteiger partial charge in [-0.05, 0) is 55.5 Å². The van der Waals surface area contributed by atoms with Gasteiger partial charge in [-0.25, -0.2) is 17.5 Å². The fourth-order valence-electron chi connectivity index (χ4n) is 4.60. The van der Waals surface area contributed by atoms with Gasteiger partial charge in [-0.15, -0.1) is 0 Å². The molecular weight excluding hydrogens is 531 g/mol. The quantitative estimate of drug-likeness (QED) is 0.559. The van der Waals surface area contributed by atoms with Crippen LogP contribution in [0.4, 0.5) is 4.39 Å². The molecule has 2 aliphatic carbocycles. The number of hydrogen-bond donors (Lipinski definition) is 1. The Morgan fingerprint density at radius 1 is 1.14 bits per heavy atom. The molecule has 6 nitrogen and oxygen atoms in total. The van der Waals surface area contributed by atoms with Crippen molar-refractivity contribution in [3.05, 3.63) is 75.4 Å². The zero-order valence-corrected chi connectivity index (χ0v) is 21.3. The van der Waals surface area contributed by atoms with Gasteiger partial charge in [0, 0.05) is 41.3 Å². The van der Waals surface area contributed by atoms with Crippen molar-refractivity contribution in [3.63, 3.8) is 0 Å². The molecule has 1 saturated heterocycles. The van der Waals surface area contributed by atoms with Gasteiger partial charge in [-0.1, -0.05) is 39.9 Å². The number of aliphatic imine (C=N–C) groups is 1. The van der Waals surface area contributed by atoms with Gasteiger partial charge < -0.3 is 4.90 Å². The number of aromatic nitrogens is 1. The van der Waals surface area contributed by atoms with Crippen LogP contribution in [0.25, 0.3) is 0 Å². The van der Waals surface area contributed by atoms with E-state index in [0.29, 0.717) is 47.7 Å². The second kappa shape index (κ2) is 8.84. The molecule has 2 atom stereocenters. The Morgan fingerprint density at radius 3 is 2.66 bits per heavy atom. The van der Waals surface area contributed by atoms with Crippen LogP contribution in [0, 0.1) is 23.6 Å². The number of nitrogens with zero attached hydrogens (tertiary/aromatic N) is 3. The summed E-state index contributed by atoms with van der Waals surface area (Å²) < 4.78 is 42.9. The number of benzene rings is 1. The minimum absolute atomic E-state index is 0.280. The molecule has 2 saturated carbocycles. The number of pyridine rings is 1. The number of nitrogens with one attached hydrogen (secondary N) is 1. The minimum atomic E-state index is -3.35. The fraction of sp³-hybridized carbons (Fsp3) is 0.385. The molecule has 3 fully saturated rings. The molecule has 35 heavy (non-hydrogen) atoms. The van der Waals surface area contributed by atoms with E-state index in [9.17, 15) is 12.8 Å². The van der Waals surface area contributed by atoms with Crippen LogP contribution in [0.2, 0.25) is 0 Å². The Balaban J connectivity index is 1.47. The zero-order chi connectivity index (χ0) is 24.2. The first-order valence-corrected chi connectivity index (χ1v) is 14.2. The summed E-state index contributed by atoms with van der Waals surface area (Å²) in [6.45, 7) is 0.461. The van der Waals surface area contributed by atoms with Crippen LogP contribution in [0.15, 0.2) is 63.3 Å². The molecule has 1 aromatic carbocycles. The lowest BCUT2D eigenvalue weighted by molar-refractivity contribution is 0.512. The summed E-state index contributed by atoms with van der Waals surface area (Å²) in [7, 11) is -3.35. The maximum Gasteiger partial charge on any atom is 0.214 e. The van der Waals surface area contributed by atoms with E-state index in [0.717, 1.165) is 29.7 Å². The van der Waals surface area contributed by atoms with E-state index >= 15 is 0 Å². The lowest BCUT2D eigenvalue weighted by Crippen LogP contribution is -2.40. The van der Waals surface area contributed by atoms with Gasteiger partial charge in [-0.3, -0.25) is 9.98 Å². The van der Waals surface area contributed by atoms with Crippen LogP contribution in [0.3, 0.4) is 0 Å². The first-order valence-electron chi connectivity index (χ1n) is 11.9. The maximum atomic E-state index is 13.9. The van der Waals surface area contributed by atoms with E-state index in [1.54, 1.807) is 12.3 Å². The standard InChI is InChI=1S/C26H24BrFN4O2S/c27-22-13-17(28)7-11-20(22)25-21(10-6-16-4-5-16)24-14-18(31-35(33,34)19-8-9-19)15-32(24)26(30-25)23-3-1-2-12-29-23/h1-3,7,11-13,16,18-19,25,31H,4-5,8-9,14-15H2/t18?,25-/m1/s1. The predicted octanol–water partition coefficient (Wildman–Crippen LogP) is 4.31. The van der Waals surface area contributed by atoms with Crippen LogP contribution in [0.1, 0.15) is 49.4 Å². The first-order chi connectivity index (χ1) is 16.9. The smallest absolute Gasteiger partial charge is 0.214 e. The van der Waals surface area contributed by atoms with Gasteiger partial charge in [0.25, 0.3) is 0 Å². The van der Waals surface area contributed by atoms with Crippen LogP contribution < -0.4 is 4.72 Å². The van der Waals surface area contributed by atoms with E-state index < -0.39 is 16.1 Å². The molecule has 2 aromatic rings. The van der Waals surface area contributed by atoms with Crippen LogP contribution >= 0.6 is 15.9 Å². The SMILES string of the molecule is O=S(=O)(NC1CC2=C(C#CC3CC3)[C@@H](c3ccc(F)cc3Br)N=C(c3ccccn3)N2C1)C1CC1. The number of rotatable bonds is 5. The summed E-state index contributed by atoms with van der Waals surface area (Å²) in [6.07, 6.45) is 5.85. The highest BCUT2D eigenvalue weighted by Crippen LogP contribution is 2.42. The summed E-state index contributed by atoms with van der Waals surface area (Å²) >= 11 is 3.52. The molecule has 6 rings (SSSR count). The molecule has 1 N–H and O–H groups in total. The molecule has 0 spiro atoms. The highest BCUT2D eigenvalue weighted by molar-refractivity contribution is 9.10. The van der Waals surface area contributed by atoms with E-state index in [2.05, 4.69) is 42.4 Å². The average molecular weight is 555 g/mol. The van der Waals surface area contributed by atoms with Crippen molar-refractivity contribution in [1.82, 2.24) is 14.6 Å². The predicted molar refractivity (Wildman–Crippen MR) is 135 cm³/mol. The fourth-order valence-corrected chi connectivity index (χ4v) is 6.74. The molecule has 9 heteroatoms.